The molecule has 0 atom stereocenters. The summed E-state index contributed by atoms with van der Waals surface area (Å²) in [5.74, 6) is 0. The molecule has 110 valence electrons. The van der Waals surface area contributed by atoms with Gasteiger partial charge in [0.2, 0.25) is 0 Å². The Balaban J connectivity index is 1.84. The maximum absolute atomic E-state index is 12.0. The number of anilines is 1. The van der Waals surface area contributed by atoms with Crippen LogP contribution in [0.5, 0.6) is 0 Å². The van der Waals surface area contributed by atoms with E-state index in [0.717, 1.165) is 24.1 Å². The third-order valence-corrected chi connectivity index (χ3v) is 3.86. The zero-order chi connectivity index (χ0) is 14.2. The Morgan fingerprint density at radius 1 is 1.15 bits per heavy atom. The standard InChI is InChI=1S/C16H25N3O/c17-12-13-7-6-10-15(11-13)19-16(20)18-14-8-4-2-1-3-5-9-14/h6-7,10-11,14H,1-5,8-9,12,17H2,(H2,18,19,20). The molecule has 1 aromatic carbocycles. The molecule has 1 saturated carbocycles. The Labute approximate surface area is 121 Å². The van der Waals surface area contributed by atoms with Crippen LogP contribution in [0.15, 0.2) is 24.3 Å². The third-order valence-electron chi connectivity index (χ3n) is 3.86. The lowest BCUT2D eigenvalue weighted by Crippen LogP contribution is -2.38. The highest BCUT2D eigenvalue weighted by atomic mass is 16.2. The number of rotatable bonds is 3. The van der Waals surface area contributed by atoms with Gasteiger partial charge in [-0.3, -0.25) is 0 Å². The van der Waals surface area contributed by atoms with Gasteiger partial charge in [0.15, 0.2) is 0 Å². The summed E-state index contributed by atoms with van der Waals surface area (Å²) in [4.78, 5) is 12.0. The predicted octanol–water partition coefficient (Wildman–Crippen LogP) is 3.38. The molecule has 1 aliphatic carbocycles. The molecule has 2 amide bonds. The third kappa shape index (κ3) is 4.85. The van der Waals surface area contributed by atoms with Gasteiger partial charge in [-0.15, -0.1) is 0 Å². The smallest absolute Gasteiger partial charge is 0.319 e. The predicted molar refractivity (Wildman–Crippen MR) is 82.6 cm³/mol. The molecule has 1 aromatic rings. The number of amides is 2. The van der Waals surface area contributed by atoms with Gasteiger partial charge >= 0.3 is 6.03 Å². The highest BCUT2D eigenvalue weighted by Crippen LogP contribution is 2.17. The second kappa shape index (κ2) is 7.90. The normalized spacial score (nSPS) is 17.1. The Bertz CT molecular complexity index is 425. The number of carbonyl (C=O) groups is 1. The van der Waals surface area contributed by atoms with Gasteiger partial charge in [0, 0.05) is 18.3 Å². The van der Waals surface area contributed by atoms with Crippen LogP contribution in [0, 0.1) is 0 Å². The van der Waals surface area contributed by atoms with E-state index in [2.05, 4.69) is 10.6 Å². The molecule has 0 aromatic heterocycles. The summed E-state index contributed by atoms with van der Waals surface area (Å²) in [6.07, 6.45) is 8.54. The van der Waals surface area contributed by atoms with E-state index in [1.54, 1.807) is 0 Å². The topological polar surface area (TPSA) is 67.1 Å². The molecular formula is C16H25N3O. The van der Waals surface area contributed by atoms with Crippen LogP contribution in [0.2, 0.25) is 0 Å². The van der Waals surface area contributed by atoms with Crippen LogP contribution in [0.4, 0.5) is 10.5 Å². The number of nitrogens with one attached hydrogen (secondary N) is 2. The average Bonchev–Trinajstić information content (AvgIpc) is 2.42. The maximum Gasteiger partial charge on any atom is 0.319 e. The van der Waals surface area contributed by atoms with Gasteiger partial charge in [-0.05, 0) is 30.5 Å². The maximum atomic E-state index is 12.0. The van der Waals surface area contributed by atoms with Crippen molar-refractivity contribution < 1.29 is 4.79 Å². The van der Waals surface area contributed by atoms with E-state index in [1.165, 1.54) is 32.1 Å². The van der Waals surface area contributed by atoms with Crippen molar-refractivity contribution in [3.63, 3.8) is 0 Å². The minimum absolute atomic E-state index is 0.107. The zero-order valence-electron chi connectivity index (χ0n) is 12.0. The summed E-state index contributed by atoms with van der Waals surface area (Å²) in [5, 5.41) is 5.99. The van der Waals surface area contributed by atoms with Crippen molar-refractivity contribution in [3.8, 4) is 0 Å². The highest BCUT2D eigenvalue weighted by molar-refractivity contribution is 5.89. The Hall–Kier alpha value is -1.55. The van der Waals surface area contributed by atoms with Crippen molar-refractivity contribution in [2.75, 3.05) is 5.32 Å². The fourth-order valence-corrected chi connectivity index (χ4v) is 2.73. The fourth-order valence-electron chi connectivity index (χ4n) is 2.73. The minimum Gasteiger partial charge on any atom is -0.335 e. The summed E-state index contributed by atoms with van der Waals surface area (Å²) in [6, 6.07) is 7.87. The van der Waals surface area contributed by atoms with Crippen LogP contribution in [0.25, 0.3) is 0 Å². The average molecular weight is 275 g/mol. The molecule has 0 unspecified atom stereocenters. The molecule has 0 saturated heterocycles. The Morgan fingerprint density at radius 3 is 2.55 bits per heavy atom. The second-order valence-electron chi connectivity index (χ2n) is 5.55. The molecule has 1 aliphatic rings. The van der Waals surface area contributed by atoms with Crippen molar-refractivity contribution >= 4 is 11.7 Å². The summed E-state index contributed by atoms with van der Waals surface area (Å²) < 4.78 is 0. The Morgan fingerprint density at radius 2 is 1.85 bits per heavy atom. The van der Waals surface area contributed by atoms with Crippen molar-refractivity contribution in [1.29, 1.82) is 0 Å². The van der Waals surface area contributed by atoms with E-state index in [-0.39, 0.29) is 6.03 Å². The summed E-state index contributed by atoms with van der Waals surface area (Å²) in [6.45, 7) is 0.486. The summed E-state index contributed by atoms with van der Waals surface area (Å²) in [7, 11) is 0. The number of urea groups is 1. The second-order valence-corrected chi connectivity index (χ2v) is 5.55. The van der Waals surface area contributed by atoms with E-state index in [4.69, 9.17) is 5.73 Å². The fraction of sp³-hybridized carbons (Fsp3) is 0.562. The summed E-state index contributed by atoms with van der Waals surface area (Å²) >= 11 is 0. The largest absolute Gasteiger partial charge is 0.335 e. The minimum atomic E-state index is -0.107. The molecule has 0 radical (unpaired) electrons. The van der Waals surface area contributed by atoms with E-state index in [9.17, 15) is 4.79 Å². The molecule has 2 rings (SSSR count). The number of hydrogen-bond donors (Lipinski definition) is 3. The molecule has 0 heterocycles. The monoisotopic (exact) mass is 275 g/mol. The molecule has 4 N–H and O–H groups in total. The lowest BCUT2D eigenvalue weighted by atomic mass is 9.97. The number of nitrogens with two attached hydrogens (primary N) is 1. The van der Waals surface area contributed by atoms with Gasteiger partial charge in [0.25, 0.3) is 0 Å². The van der Waals surface area contributed by atoms with E-state index in [1.807, 2.05) is 24.3 Å². The van der Waals surface area contributed by atoms with Crippen LogP contribution in [-0.2, 0) is 6.54 Å². The van der Waals surface area contributed by atoms with Gasteiger partial charge < -0.3 is 16.4 Å². The number of carbonyl (C=O) groups excluding carboxylic acids is 1. The molecule has 4 heteroatoms. The lowest BCUT2D eigenvalue weighted by molar-refractivity contribution is 0.245. The van der Waals surface area contributed by atoms with E-state index in [0.29, 0.717) is 12.6 Å². The SMILES string of the molecule is NCc1cccc(NC(=O)NC2CCCCCCC2)c1. The lowest BCUT2D eigenvalue weighted by Gasteiger charge is -2.21. The molecule has 4 nitrogen and oxygen atoms in total. The quantitative estimate of drug-likeness (QED) is 0.791. The van der Waals surface area contributed by atoms with E-state index >= 15 is 0 Å². The molecule has 0 spiro atoms. The zero-order valence-corrected chi connectivity index (χ0v) is 12.0. The van der Waals surface area contributed by atoms with E-state index < -0.39 is 0 Å². The molecule has 1 fully saturated rings. The van der Waals surface area contributed by atoms with Gasteiger partial charge in [0.1, 0.15) is 0 Å². The molecule has 20 heavy (non-hydrogen) atoms. The number of hydrogen-bond acceptors (Lipinski definition) is 2. The van der Waals surface area contributed by atoms with Gasteiger partial charge in [-0.1, -0.05) is 44.2 Å². The van der Waals surface area contributed by atoms with Crippen LogP contribution >= 0.6 is 0 Å². The van der Waals surface area contributed by atoms with Gasteiger partial charge in [0.05, 0.1) is 0 Å². The van der Waals surface area contributed by atoms with Gasteiger partial charge in [-0.2, -0.15) is 0 Å². The molecular weight excluding hydrogens is 250 g/mol. The van der Waals surface area contributed by atoms with Crippen molar-refractivity contribution in [1.82, 2.24) is 5.32 Å². The number of benzene rings is 1. The van der Waals surface area contributed by atoms with Crippen molar-refractivity contribution in [2.45, 2.75) is 57.5 Å². The van der Waals surface area contributed by atoms with Crippen LogP contribution in [0.3, 0.4) is 0 Å². The highest BCUT2D eigenvalue weighted by Gasteiger charge is 2.13. The first-order valence-electron chi connectivity index (χ1n) is 7.64. The summed E-state index contributed by atoms with van der Waals surface area (Å²) in [5.41, 5.74) is 7.43. The van der Waals surface area contributed by atoms with Crippen molar-refractivity contribution in [2.24, 2.45) is 5.73 Å². The Kier molecular flexibility index (Phi) is 5.87. The molecule has 0 bridgehead atoms. The molecule has 0 aliphatic heterocycles. The first kappa shape index (κ1) is 14.9. The first-order valence-corrected chi connectivity index (χ1v) is 7.64. The van der Waals surface area contributed by atoms with Crippen LogP contribution in [0.1, 0.15) is 50.5 Å². The van der Waals surface area contributed by atoms with Crippen molar-refractivity contribution in [3.05, 3.63) is 29.8 Å². The first-order chi connectivity index (χ1) is 9.78. The van der Waals surface area contributed by atoms with Gasteiger partial charge in [-0.25, -0.2) is 4.79 Å². The van der Waals surface area contributed by atoms with Crippen LogP contribution in [-0.4, -0.2) is 12.1 Å². The van der Waals surface area contributed by atoms with Crippen LogP contribution < -0.4 is 16.4 Å².